The van der Waals surface area contributed by atoms with Crippen LogP contribution in [0.5, 0.6) is 0 Å². The Bertz CT molecular complexity index is 658. The molecule has 0 spiro atoms. The number of halogens is 3. The van der Waals surface area contributed by atoms with Gasteiger partial charge in [-0.05, 0) is 67.2 Å². The van der Waals surface area contributed by atoms with Crippen molar-refractivity contribution in [3.8, 4) is 0 Å². The Morgan fingerprint density at radius 3 is 2.22 bits per heavy atom. The minimum absolute atomic E-state index is 0.0757. The molecule has 1 saturated carbocycles. The average molecular weight is 377 g/mol. The van der Waals surface area contributed by atoms with Gasteiger partial charge in [0, 0.05) is 5.92 Å². The summed E-state index contributed by atoms with van der Waals surface area (Å²) < 4.78 is 40.1. The quantitative estimate of drug-likeness (QED) is 0.336. The molecule has 2 aliphatic carbocycles. The molecule has 3 rings (SSSR count). The second-order valence-corrected chi connectivity index (χ2v) is 8.27. The molecular formula is C24H31F3. The van der Waals surface area contributed by atoms with Crippen molar-refractivity contribution in [1.82, 2.24) is 0 Å². The van der Waals surface area contributed by atoms with Gasteiger partial charge in [0.05, 0.1) is 0 Å². The van der Waals surface area contributed by atoms with E-state index in [4.69, 9.17) is 0 Å². The van der Waals surface area contributed by atoms with Gasteiger partial charge in [0.1, 0.15) is 0 Å². The third kappa shape index (κ3) is 5.27. The monoisotopic (exact) mass is 376 g/mol. The number of allylic oxidation sites excluding steroid dienone is 4. The Labute approximate surface area is 161 Å². The zero-order chi connectivity index (χ0) is 19.2. The number of rotatable bonds is 7. The largest absolute Gasteiger partial charge is 0.204 e. The van der Waals surface area contributed by atoms with Crippen LogP contribution >= 0.6 is 0 Å². The smallest absolute Gasteiger partial charge is 0.194 e. The van der Waals surface area contributed by atoms with Crippen LogP contribution < -0.4 is 0 Å². The van der Waals surface area contributed by atoms with Crippen molar-refractivity contribution in [2.75, 3.05) is 0 Å². The lowest BCUT2D eigenvalue weighted by Gasteiger charge is -2.31. The summed E-state index contributed by atoms with van der Waals surface area (Å²) in [5.74, 6) is -2.16. The molecular weight excluding hydrogens is 345 g/mol. The van der Waals surface area contributed by atoms with E-state index < -0.39 is 17.5 Å². The maximum Gasteiger partial charge on any atom is 0.194 e. The highest BCUT2D eigenvalue weighted by molar-refractivity contribution is 5.35. The van der Waals surface area contributed by atoms with Crippen LogP contribution in [0.3, 0.4) is 0 Å². The molecule has 0 nitrogen and oxygen atoms in total. The van der Waals surface area contributed by atoms with E-state index in [-0.39, 0.29) is 5.92 Å². The Hall–Kier alpha value is -1.51. The molecule has 2 aliphatic rings. The molecule has 1 fully saturated rings. The summed E-state index contributed by atoms with van der Waals surface area (Å²) in [4.78, 5) is 0. The summed E-state index contributed by atoms with van der Waals surface area (Å²) in [6, 6.07) is 2.24. The first-order valence-corrected chi connectivity index (χ1v) is 10.6. The first-order valence-electron chi connectivity index (χ1n) is 10.6. The molecule has 1 atom stereocenters. The second kappa shape index (κ2) is 9.61. The standard InChI is InChI=1S/C24H31F3/c1-2-3-4-5-6-17-7-9-18(10-8-17)19-11-13-20(14-12-19)21-15-22(25)24(27)23(26)16-21/h11-13,15-18,20H,2-10,14H2,1H3/t17-,18-,20?. The van der Waals surface area contributed by atoms with Gasteiger partial charge in [-0.1, -0.05) is 57.3 Å². The maximum absolute atomic E-state index is 13.5. The van der Waals surface area contributed by atoms with Gasteiger partial charge < -0.3 is 0 Å². The SMILES string of the molecule is CCCCCC[C@H]1CC[C@H](C2=CCC(c3cc(F)c(F)c(F)c3)C=C2)CC1. The molecule has 0 bridgehead atoms. The van der Waals surface area contributed by atoms with Gasteiger partial charge in [-0.2, -0.15) is 0 Å². The van der Waals surface area contributed by atoms with Crippen molar-refractivity contribution in [1.29, 1.82) is 0 Å². The van der Waals surface area contributed by atoms with E-state index in [1.54, 1.807) is 0 Å². The van der Waals surface area contributed by atoms with E-state index in [9.17, 15) is 13.2 Å². The van der Waals surface area contributed by atoms with Gasteiger partial charge in [0.15, 0.2) is 17.5 Å². The molecule has 148 valence electrons. The molecule has 0 aromatic heterocycles. The van der Waals surface area contributed by atoms with Gasteiger partial charge in [0.2, 0.25) is 0 Å². The third-order valence-electron chi connectivity index (χ3n) is 6.35. The summed E-state index contributed by atoms with van der Waals surface area (Å²) in [6.07, 6.45) is 19.0. The minimum atomic E-state index is -1.39. The van der Waals surface area contributed by atoms with Crippen molar-refractivity contribution in [3.63, 3.8) is 0 Å². The number of unbranched alkanes of at least 4 members (excludes halogenated alkanes) is 3. The lowest BCUT2D eigenvalue weighted by molar-refractivity contribution is 0.283. The highest BCUT2D eigenvalue weighted by atomic mass is 19.2. The summed E-state index contributed by atoms with van der Waals surface area (Å²) in [5, 5.41) is 0. The average Bonchev–Trinajstić information content (AvgIpc) is 2.70. The first kappa shape index (κ1) is 20.2. The number of hydrogen-bond acceptors (Lipinski definition) is 0. The summed E-state index contributed by atoms with van der Waals surface area (Å²) >= 11 is 0. The fourth-order valence-electron chi connectivity index (χ4n) is 4.62. The van der Waals surface area contributed by atoms with Crippen molar-refractivity contribution in [2.24, 2.45) is 11.8 Å². The molecule has 0 radical (unpaired) electrons. The van der Waals surface area contributed by atoms with E-state index in [0.717, 1.165) is 24.5 Å². The Morgan fingerprint density at radius 2 is 1.63 bits per heavy atom. The molecule has 0 saturated heterocycles. The van der Waals surface area contributed by atoms with Crippen LogP contribution in [0.1, 0.15) is 82.6 Å². The van der Waals surface area contributed by atoms with Crippen LogP contribution in [0.25, 0.3) is 0 Å². The van der Waals surface area contributed by atoms with Crippen LogP contribution in [0.2, 0.25) is 0 Å². The van der Waals surface area contributed by atoms with E-state index in [0.29, 0.717) is 11.5 Å². The summed E-state index contributed by atoms with van der Waals surface area (Å²) in [7, 11) is 0. The zero-order valence-corrected chi connectivity index (χ0v) is 16.3. The van der Waals surface area contributed by atoms with Crippen LogP contribution in [-0.4, -0.2) is 0 Å². The van der Waals surface area contributed by atoms with Gasteiger partial charge >= 0.3 is 0 Å². The highest BCUT2D eigenvalue weighted by Crippen LogP contribution is 2.39. The van der Waals surface area contributed by atoms with Gasteiger partial charge in [-0.3, -0.25) is 0 Å². The van der Waals surface area contributed by atoms with Crippen LogP contribution in [0.4, 0.5) is 13.2 Å². The van der Waals surface area contributed by atoms with Gasteiger partial charge in [0.25, 0.3) is 0 Å². The van der Waals surface area contributed by atoms with Crippen LogP contribution in [0, 0.1) is 29.3 Å². The zero-order valence-electron chi connectivity index (χ0n) is 16.3. The predicted molar refractivity (Wildman–Crippen MR) is 105 cm³/mol. The Balaban J connectivity index is 1.49. The molecule has 0 aliphatic heterocycles. The van der Waals surface area contributed by atoms with Crippen molar-refractivity contribution >= 4 is 0 Å². The van der Waals surface area contributed by atoms with E-state index >= 15 is 0 Å². The molecule has 1 aromatic carbocycles. The number of hydrogen-bond donors (Lipinski definition) is 0. The third-order valence-corrected chi connectivity index (χ3v) is 6.35. The predicted octanol–water partition coefficient (Wildman–Crippen LogP) is 7.85. The lowest BCUT2D eigenvalue weighted by atomic mass is 9.75. The second-order valence-electron chi connectivity index (χ2n) is 8.27. The number of benzene rings is 1. The maximum atomic E-state index is 13.5. The molecule has 1 unspecified atom stereocenters. The normalized spacial score (nSPS) is 25.5. The Kier molecular flexibility index (Phi) is 7.20. The van der Waals surface area contributed by atoms with Crippen molar-refractivity contribution in [2.45, 2.75) is 77.0 Å². The van der Waals surface area contributed by atoms with Crippen molar-refractivity contribution < 1.29 is 13.2 Å². The van der Waals surface area contributed by atoms with Gasteiger partial charge in [-0.15, -0.1) is 0 Å². The topological polar surface area (TPSA) is 0 Å². The molecule has 1 aromatic rings. The highest BCUT2D eigenvalue weighted by Gasteiger charge is 2.24. The van der Waals surface area contributed by atoms with E-state index in [1.165, 1.54) is 63.4 Å². The molecule has 3 heteroatoms. The van der Waals surface area contributed by atoms with Gasteiger partial charge in [-0.25, -0.2) is 13.2 Å². The minimum Gasteiger partial charge on any atom is -0.204 e. The Morgan fingerprint density at radius 1 is 0.926 bits per heavy atom. The van der Waals surface area contributed by atoms with E-state index in [1.807, 2.05) is 6.08 Å². The molecule has 0 N–H and O–H groups in total. The summed E-state index contributed by atoms with van der Waals surface area (Å²) in [6.45, 7) is 2.25. The molecule has 27 heavy (non-hydrogen) atoms. The van der Waals surface area contributed by atoms with Crippen LogP contribution in [0.15, 0.2) is 35.9 Å². The summed E-state index contributed by atoms with van der Waals surface area (Å²) in [5.41, 5.74) is 1.88. The van der Waals surface area contributed by atoms with E-state index in [2.05, 4.69) is 19.1 Å². The lowest BCUT2D eigenvalue weighted by Crippen LogP contribution is -2.17. The molecule has 0 heterocycles. The fourth-order valence-corrected chi connectivity index (χ4v) is 4.62. The van der Waals surface area contributed by atoms with Crippen LogP contribution in [-0.2, 0) is 0 Å². The fraction of sp³-hybridized carbons (Fsp3) is 0.583. The van der Waals surface area contributed by atoms with Crippen molar-refractivity contribution in [3.05, 3.63) is 58.9 Å². The molecule has 0 amide bonds. The first-order chi connectivity index (χ1) is 13.1.